The maximum absolute atomic E-state index is 13.3. The maximum Gasteiger partial charge on any atom is 0.407 e. The van der Waals surface area contributed by atoms with Crippen LogP contribution in [0, 0.1) is 11.8 Å². The summed E-state index contributed by atoms with van der Waals surface area (Å²) in [6, 6.07) is 15.1. The Kier molecular flexibility index (Phi) is 6.91. The van der Waals surface area contributed by atoms with E-state index < -0.39 is 30.1 Å². The first-order chi connectivity index (χ1) is 16.3. The summed E-state index contributed by atoms with van der Waals surface area (Å²) in [5, 5.41) is 12.2. The molecule has 2 N–H and O–H groups in total. The predicted octanol–water partition coefficient (Wildman–Crippen LogP) is 4.26. The van der Waals surface area contributed by atoms with Gasteiger partial charge in [0, 0.05) is 18.5 Å². The van der Waals surface area contributed by atoms with Crippen molar-refractivity contribution >= 4 is 18.0 Å². The molecule has 1 aliphatic carbocycles. The summed E-state index contributed by atoms with van der Waals surface area (Å²) in [5.41, 5.74) is 4.54. The van der Waals surface area contributed by atoms with Crippen LogP contribution in [0.25, 0.3) is 11.1 Å². The van der Waals surface area contributed by atoms with Crippen molar-refractivity contribution < 1.29 is 24.2 Å². The first kappa shape index (κ1) is 23.8. The van der Waals surface area contributed by atoms with E-state index in [0.29, 0.717) is 19.4 Å². The maximum atomic E-state index is 13.3. The van der Waals surface area contributed by atoms with Crippen molar-refractivity contribution in [2.45, 2.75) is 51.6 Å². The van der Waals surface area contributed by atoms with Gasteiger partial charge in [0.1, 0.15) is 12.6 Å². The van der Waals surface area contributed by atoms with E-state index in [1.54, 1.807) is 11.8 Å². The number of fused-ring (bicyclic) bond motifs is 3. The van der Waals surface area contributed by atoms with Gasteiger partial charge in [-0.1, -0.05) is 68.8 Å². The van der Waals surface area contributed by atoms with Crippen LogP contribution in [0.4, 0.5) is 4.79 Å². The third-order valence-corrected chi connectivity index (χ3v) is 7.45. The highest BCUT2D eigenvalue weighted by Gasteiger charge is 2.41. The van der Waals surface area contributed by atoms with Gasteiger partial charge in [-0.2, -0.15) is 0 Å². The SMILES string of the molecule is CC[C@H](C)[C@H](NC(=O)OCC1c2ccccc2-c2ccccc21)C(=O)N1CCC(C(=O)O)C1C. The smallest absolute Gasteiger partial charge is 0.407 e. The van der Waals surface area contributed by atoms with Gasteiger partial charge >= 0.3 is 12.1 Å². The number of carboxylic acid groups (broad SMARTS) is 1. The van der Waals surface area contributed by atoms with Crippen molar-refractivity contribution in [2.24, 2.45) is 11.8 Å². The minimum absolute atomic E-state index is 0.0640. The summed E-state index contributed by atoms with van der Waals surface area (Å²) in [4.78, 5) is 39.2. The molecule has 34 heavy (non-hydrogen) atoms. The fourth-order valence-corrected chi connectivity index (χ4v) is 5.21. The second-order valence-electron chi connectivity index (χ2n) is 9.34. The molecular weight excluding hydrogens is 432 g/mol. The van der Waals surface area contributed by atoms with Crippen molar-refractivity contribution in [2.75, 3.05) is 13.2 Å². The summed E-state index contributed by atoms with van der Waals surface area (Å²) >= 11 is 0. The zero-order valence-electron chi connectivity index (χ0n) is 19.9. The molecule has 180 valence electrons. The van der Waals surface area contributed by atoms with E-state index in [0.717, 1.165) is 22.3 Å². The largest absolute Gasteiger partial charge is 0.481 e. The van der Waals surface area contributed by atoms with E-state index in [9.17, 15) is 19.5 Å². The summed E-state index contributed by atoms with van der Waals surface area (Å²) in [6.45, 7) is 6.16. The molecule has 1 fully saturated rings. The zero-order chi connectivity index (χ0) is 24.4. The fourth-order valence-electron chi connectivity index (χ4n) is 5.21. The van der Waals surface area contributed by atoms with Crippen LogP contribution in [-0.4, -0.2) is 53.2 Å². The zero-order valence-corrected chi connectivity index (χ0v) is 19.9. The number of ether oxygens (including phenoxy) is 1. The van der Waals surface area contributed by atoms with E-state index in [2.05, 4.69) is 29.6 Å². The van der Waals surface area contributed by atoms with Gasteiger partial charge in [0.2, 0.25) is 5.91 Å². The number of hydrogen-bond donors (Lipinski definition) is 2. The Labute approximate surface area is 200 Å². The van der Waals surface area contributed by atoms with E-state index in [-0.39, 0.29) is 24.3 Å². The first-order valence-corrected chi connectivity index (χ1v) is 12.0. The van der Waals surface area contributed by atoms with Crippen LogP contribution < -0.4 is 5.32 Å². The first-order valence-electron chi connectivity index (χ1n) is 12.0. The van der Waals surface area contributed by atoms with Crippen LogP contribution in [-0.2, 0) is 14.3 Å². The van der Waals surface area contributed by atoms with Gasteiger partial charge in [0.25, 0.3) is 0 Å². The normalized spacial score (nSPS) is 20.9. The highest BCUT2D eigenvalue weighted by atomic mass is 16.5. The monoisotopic (exact) mass is 464 g/mol. The lowest BCUT2D eigenvalue weighted by Crippen LogP contribution is -2.53. The average Bonchev–Trinajstić information content (AvgIpc) is 3.38. The molecule has 0 aromatic heterocycles. The van der Waals surface area contributed by atoms with E-state index in [4.69, 9.17) is 4.74 Å². The Hall–Kier alpha value is -3.35. The molecular formula is C27H32N2O5. The molecule has 2 unspecified atom stereocenters. The van der Waals surface area contributed by atoms with Crippen molar-refractivity contribution in [3.63, 3.8) is 0 Å². The molecule has 1 saturated heterocycles. The number of carboxylic acids is 1. The molecule has 7 nitrogen and oxygen atoms in total. The number of amides is 2. The second kappa shape index (κ2) is 9.87. The van der Waals surface area contributed by atoms with Crippen LogP contribution >= 0.6 is 0 Å². The Morgan fingerprint density at radius 3 is 2.21 bits per heavy atom. The molecule has 0 saturated carbocycles. The molecule has 1 heterocycles. The van der Waals surface area contributed by atoms with Gasteiger partial charge in [0.15, 0.2) is 0 Å². The number of carbonyl (C=O) groups excluding carboxylic acids is 2. The number of alkyl carbamates (subject to hydrolysis) is 1. The van der Waals surface area contributed by atoms with Gasteiger partial charge in [0.05, 0.1) is 5.92 Å². The standard InChI is InChI=1S/C27H32N2O5/c1-4-16(2)24(25(30)29-14-13-18(17(29)3)26(31)32)28-27(33)34-15-23-21-11-7-5-9-19(21)20-10-6-8-12-22(20)23/h5-12,16-18,23-24H,4,13-15H2,1-3H3,(H,28,33)(H,31,32)/t16-,17?,18?,24-/m0/s1. The average molecular weight is 465 g/mol. The molecule has 0 spiro atoms. The molecule has 7 heteroatoms. The fraction of sp³-hybridized carbons (Fsp3) is 0.444. The van der Waals surface area contributed by atoms with E-state index >= 15 is 0 Å². The van der Waals surface area contributed by atoms with Gasteiger partial charge in [-0.25, -0.2) is 4.79 Å². The number of hydrogen-bond acceptors (Lipinski definition) is 4. The Morgan fingerprint density at radius 1 is 1.09 bits per heavy atom. The second-order valence-corrected chi connectivity index (χ2v) is 9.34. The summed E-state index contributed by atoms with van der Waals surface area (Å²) < 4.78 is 5.65. The minimum Gasteiger partial charge on any atom is -0.481 e. The number of rotatable bonds is 7. The molecule has 2 aromatic rings. The Bertz CT molecular complexity index is 1040. The van der Waals surface area contributed by atoms with Gasteiger partial charge in [-0.3, -0.25) is 9.59 Å². The van der Waals surface area contributed by atoms with Crippen LogP contribution in [0.15, 0.2) is 48.5 Å². The number of aliphatic carboxylic acids is 1. The van der Waals surface area contributed by atoms with Crippen molar-refractivity contribution in [1.29, 1.82) is 0 Å². The lowest BCUT2D eigenvalue weighted by atomic mass is 9.97. The number of likely N-dealkylation sites (tertiary alicyclic amines) is 1. The molecule has 2 aliphatic rings. The quantitative estimate of drug-likeness (QED) is 0.638. The summed E-state index contributed by atoms with van der Waals surface area (Å²) in [5.74, 6) is -1.92. The van der Waals surface area contributed by atoms with Gasteiger partial charge in [-0.15, -0.1) is 0 Å². The van der Waals surface area contributed by atoms with E-state index in [1.165, 1.54) is 0 Å². The minimum atomic E-state index is -0.896. The number of nitrogens with one attached hydrogen (secondary N) is 1. The molecule has 2 aromatic carbocycles. The van der Waals surface area contributed by atoms with E-state index in [1.807, 2.05) is 38.1 Å². The topological polar surface area (TPSA) is 95.9 Å². The Balaban J connectivity index is 1.44. The number of benzene rings is 2. The van der Waals surface area contributed by atoms with Gasteiger partial charge < -0.3 is 20.1 Å². The lowest BCUT2D eigenvalue weighted by molar-refractivity contribution is -0.143. The highest BCUT2D eigenvalue weighted by molar-refractivity contribution is 5.87. The van der Waals surface area contributed by atoms with Crippen LogP contribution in [0.3, 0.4) is 0 Å². The third-order valence-electron chi connectivity index (χ3n) is 7.45. The van der Waals surface area contributed by atoms with Crippen molar-refractivity contribution in [3.05, 3.63) is 59.7 Å². The number of carbonyl (C=O) groups is 3. The Morgan fingerprint density at radius 2 is 1.68 bits per heavy atom. The summed E-state index contributed by atoms with van der Waals surface area (Å²) in [7, 11) is 0. The molecule has 0 bridgehead atoms. The molecule has 2 amide bonds. The number of nitrogens with zero attached hydrogens (tertiary/aromatic N) is 1. The van der Waals surface area contributed by atoms with Crippen LogP contribution in [0.5, 0.6) is 0 Å². The third kappa shape index (κ3) is 4.39. The molecule has 4 rings (SSSR count). The van der Waals surface area contributed by atoms with Crippen LogP contribution in [0.2, 0.25) is 0 Å². The molecule has 0 radical (unpaired) electrons. The van der Waals surface area contributed by atoms with Crippen molar-refractivity contribution in [1.82, 2.24) is 10.2 Å². The molecule has 1 aliphatic heterocycles. The summed E-state index contributed by atoms with van der Waals surface area (Å²) in [6.07, 6.45) is 0.465. The highest BCUT2D eigenvalue weighted by Crippen LogP contribution is 2.44. The van der Waals surface area contributed by atoms with Gasteiger partial charge in [-0.05, 0) is 41.5 Å². The van der Waals surface area contributed by atoms with Crippen LogP contribution in [0.1, 0.15) is 50.7 Å². The predicted molar refractivity (Wildman–Crippen MR) is 128 cm³/mol. The molecule has 4 atom stereocenters. The lowest BCUT2D eigenvalue weighted by Gasteiger charge is -2.31. The van der Waals surface area contributed by atoms with Crippen molar-refractivity contribution in [3.8, 4) is 11.1 Å².